The third-order valence-electron chi connectivity index (χ3n) is 4.54. The zero-order valence-corrected chi connectivity index (χ0v) is 13.8. The molecule has 24 heavy (non-hydrogen) atoms. The molecule has 2 aliphatic rings. The number of halogens is 2. The van der Waals surface area contributed by atoms with E-state index in [1.807, 2.05) is 6.07 Å². The summed E-state index contributed by atoms with van der Waals surface area (Å²) in [6.45, 7) is 0. The maximum Gasteiger partial charge on any atom is 0.329 e. The average molecular weight is 371 g/mol. The minimum absolute atomic E-state index is 0.115. The zero-order chi connectivity index (χ0) is 17.7. The second-order valence-corrected chi connectivity index (χ2v) is 8.31. The van der Waals surface area contributed by atoms with Gasteiger partial charge in [0.2, 0.25) is 0 Å². The number of sulfone groups is 1. The Morgan fingerprint density at radius 2 is 2.21 bits per heavy atom. The second kappa shape index (κ2) is 5.46. The molecule has 3 rings (SSSR count). The highest BCUT2D eigenvalue weighted by Gasteiger charge is 2.60. The Hall–Kier alpha value is -2.11. The topological polar surface area (TPSA) is 98.5 Å². The van der Waals surface area contributed by atoms with Crippen molar-refractivity contribution in [2.45, 2.75) is 34.6 Å². The SMILES string of the molecule is N#CC1[C@H](S(=O)(=O)c2ccc(F)cc2Cl)C[C@]2(C(=O)O)CC=CN12. The van der Waals surface area contributed by atoms with Crippen LogP contribution in [0, 0.1) is 17.1 Å². The maximum absolute atomic E-state index is 13.2. The van der Waals surface area contributed by atoms with Crippen molar-refractivity contribution in [2.24, 2.45) is 0 Å². The summed E-state index contributed by atoms with van der Waals surface area (Å²) in [5, 5.41) is 17.4. The fraction of sp³-hybridized carbons (Fsp3) is 0.333. The predicted octanol–water partition coefficient (Wildman–Crippen LogP) is 1.96. The number of nitriles is 1. The van der Waals surface area contributed by atoms with Crippen LogP contribution in [0.2, 0.25) is 5.02 Å². The molecule has 1 saturated heterocycles. The van der Waals surface area contributed by atoms with Gasteiger partial charge in [-0.2, -0.15) is 5.26 Å². The first-order chi connectivity index (χ1) is 11.2. The predicted molar refractivity (Wildman–Crippen MR) is 82.4 cm³/mol. The van der Waals surface area contributed by atoms with Gasteiger partial charge >= 0.3 is 5.97 Å². The molecule has 1 N–H and O–H groups in total. The highest BCUT2D eigenvalue weighted by atomic mass is 35.5. The van der Waals surface area contributed by atoms with Crippen molar-refractivity contribution in [3.63, 3.8) is 0 Å². The molecule has 2 aliphatic heterocycles. The van der Waals surface area contributed by atoms with Crippen LogP contribution in [0.5, 0.6) is 0 Å². The van der Waals surface area contributed by atoms with Gasteiger partial charge in [0.1, 0.15) is 22.6 Å². The standard InChI is InChI=1S/C15H12ClFN2O4S/c16-10-6-9(17)2-3-12(10)24(22,23)13-7-15(14(20)21)4-1-5-19(15)11(13)8-18/h1-3,5-6,11,13H,4,7H2,(H,20,21)/t11?,13-,15+/m1/s1. The summed E-state index contributed by atoms with van der Waals surface area (Å²) in [6.07, 6.45) is 2.92. The largest absolute Gasteiger partial charge is 0.479 e. The quantitative estimate of drug-likeness (QED) is 0.817. The van der Waals surface area contributed by atoms with Crippen LogP contribution in [0.25, 0.3) is 0 Å². The molecule has 1 unspecified atom stereocenters. The summed E-state index contributed by atoms with van der Waals surface area (Å²) >= 11 is 5.86. The van der Waals surface area contributed by atoms with E-state index in [0.29, 0.717) is 0 Å². The van der Waals surface area contributed by atoms with Gasteiger partial charge in [-0.25, -0.2) is 17.6 Å². The van der Waals surface area contributed by atoms with Gasteiger partial charge in [0.05, 0.1) is 16.0 Å². The van der Waals surface area contributed by atoms with E-state index in [9.17, 15) is 28.0 Å². The molecule has 0 aliphatic carbocycles. The van der Waals surface area contributed by atoms with E-state index in [1.54, 1.807) is 6.08 Å². The van der Waals surface area contributed by atoms with Crippen LogP contribution in [0.3, 0.4) is 0 Å². The first-order valence-corrected chi connectivity index (χ1v) is 8.93. The molecule has 3 atom stereocenters. The van der Waals surface area contributed by atoms with Gasteiger partial charge in [-0.1, -0.05) is 17.7 Å². The third kappa shape index (κ3) is 2.19. The fourth-order valence-electron chi connectivity index (χ4n) is 3.36. The number of hydrogen-bond acceptors (Lipinski definition) is 5. The molecule has 2 heterocycles. The normalized spacial score (nSPS) is 28.6. The van der Waals surface area contributed by atoms with Gasteiger partial charge in [0.25, 0.3) is 0 Å². The van der Waals surface area contributed by atoms with Crippen molar-refractivity contribution < 1.29 is 22.7 Å². The van der Waals surface area contributed by atoms with Crippen molar-refractivity contribution in [1.82, 2.24) is 4.90 Å². The molecule has 1 aromatic carbocycles. The lowest BCUT2D eigenvalue weighted by molar-refractivity contribution is -0.147. The number of rotatable bonds is 3. The number of carboxylic acids is 1. The van der Waals surface area contributed by atoms with Gasteiger partial charge in [-0.3, -0.25) is 0 Å². The molecule has 1 aromatic rings. The molecule has 6 nitrogen and oxygen atoms in total. The number of fused-ring (bicyclic) bond motifs is 1. The number of aliphatic carboxylic acids is 1. The second-order valence-electron chi connectivity index (χ2n) is 5.77. The van der Waals surface area contributed by atoms with E-state index < -0.39 is 38.5 Å². The van der Waals surface area contributed by atoms with E-state index in [4.69, 9.17) is 11.6 Å². The van der Waals surface area contributed by atoms with Gasteiger partial charge in [-0.05, 0) is 24.4 Å². The molecule has 0 spiro atoms. The van der Waals surface area contributed by atoms with Crippen LogP contribution in [0.4, 0.5) is 4.39 Å². The first-order valence-electron chi connectivity index (χ1n) is 7.01. The molecule has 0 radical (unpaired) electrons. The number of nitrogens with zero attached hydrogens (tertiary/aromatic N) is 2. The van der Waals surface area contributed by atoms with Gasteiger partial charge < -0.3 is 10.0 Å². The Balaban J connectivity index is 2.10. The summed E-state index contributed by atoms with van der Waals surface area (Å²) in [4.78, 5) is 12.7. The summed E-state index contributed by atoms with van der Waals surface area (Å²) in [7, 11) is -4.12. The molecule has 0 aromatic heterocycles. The number of benzene rings is 1. The molecular weight excluding hydrogens is 359 g/mol. The van der Waals surface area contributed by atoms with E-state index in [-0.39, 0.29) is 22.8 Å². The molecule has 126 valence electrons. The Morgan fingerprint density at radius 1 is 1.50 bits per heavy atom. The maximum atomic E-state index is 13.2. The van der Waals surface area contributed by atoms with Crippen molar-refractivity contribution >= 4 is 27.4 Å². The molecule has 0 saturated carbocycles. The summed E-state index contributed by atoms with van der Waals surface area (Å²) in [5.41, 5.74) is -1.45. The van der Waals surface area contributed by atoms with Gasteiger partial charge in [-0.15, -0.1) is 0 Å². The molecule has 1 fully saturated rings. The lowest BCUT2D eigenvalue weighted by atomic mass is 9.94. The minimum Gasteiger partial charge on any atom is -0.479 e. The molecule has 0 bridgehead atoms. The Bertz CT molecular complexity index is 895. The average Bonchev–Trinajstić information content (AvgIpc) is 3.03. The van der Waals surface area contributed by atoms with Crippen molar-refractivity contribution in [3.05, 3.63) is 41.3 Å². The van der Waals surface area contributed by atoms with Gasteiger partial charge in [0.15, 0.2) is 9.84 Å². The monoisotopic (exact) mass is 370 g/mol. The molecular formula is C15H12ClFN2O4S. The van der Waals surface area contributed by atoms with Crippen LogP contribution in [-0.2, 0) is 14.6 Å². The Morgan fingerprint density at radius 3 is 2.79 bits per heavy atom. The Kier molecular flexibility index (Phi) is 3.81. The summed E-state index contributed by atoms with van der Waals surface area (Å²) in [6, 6.07) is 3.60. The number of carboxylic acid groups (broad SMARTS) is 1. The van der Waals surface area contributed by atoms with Crippen molar-refractivity contribution in [1.29, 1.82) is 5.26 Å². The van der Waals surface area contributed by atoms with Crippen LogP contribution in [0.15, 0.2) is 35.4 Å². The van der Waals surface area contributed by atoms with E-state index in [1.165, 1.54) is 11.1 Å². The van der Waals surface area contributed by atoms with E-state index >= 15 is 0 Å². The highest BCUT2D eigenvalue weighted by molar-refractivity contribution is 7.92. The Labute approximate surface area is 142 Å². The third-order valence-corrected chi connectivity index (χ3v) is 7.15. The van der Waals surface area contributed by atoms with Crippen molar-refractivity contribution in [3.8, 4) is 6.07 Å². The van der Waals surface area contributed by atoms with Crippen LogP contribution >= 0.6 is 11.6 Å². The molecule has 0 amide bonds. The van der Waals surface area contributed by atoms with Crippen molar-refractivity contribution in [2.75, 3.05) is 0 Å². The fourth-order valence-corrected chi connectivity index (χ4v) is 5.79. The first kappa shape index (κ1) is 16.7. The molecule has 9 heteroatoms. The van der Waals surface area contributed by atoms with Crippen LogP contribution < -0.4 is 0 Å². The number of carbonyl (C=O) groups is 1. The van der Waals surface area contributed by atoms with Gasteiger partial charge in [0, 0.05) is 12.8 Å². The summed E-state index contributed by atoms with van der Waals surface area (Å²) < 4.78 is 39.0. The van der Waals surface area contributed by atoms with E-state index in [0.717, 1.165) is 18.2 Å². The zero-order valence-electron chi connectivity index (χ0n) is 12.2. The van der Waals surface area contributed by atoms with E-state index in [2.05, 4.69) is 0 Å². The smallest absolute Gasteiger partial charge is 0.329 e. The minimum atomic E-state index is -4.12. The lowest BCUT2D eigenvalue weighted by Gasteiger charge is -2.29. The highest BCUT2D eigenvalue weighted by Crippen LogP contribution is 2.45. The number of hydrogen-bond donors (Lipinski definition) is 1. The summed E-state index contributed by atoms with van der Waals surface area (Å²) in [5.74, 6) is -1.87. The van der Waals surface area contributed by atoms with Crippen LogP contribution in [0.1, 0.15) is 12.8 Å². The van der Waals surface area contributed by atoms with Crippen LogP contribution in [-0.4, -0.2) is 41.2 Å². The lowest BCUT2D eigenvalue weighted by Crippen LogP contribution is -2.47.